The first-order valence-corrected chi connectivity index (χ1v) is 12.3. The van der Waals surface area contributed by atoms with Gasteiger partial charge in [0.1, 0.15) is 0 Å². The normalized spacial score (nSPS) is 17.1. The number of nitrogens with one attached hydrogen (secondary N) is 2. The van der Waals surface area contributed by atoms with Crippen LogP contribution in [0.3, 0.4) is 0 Å². The molecular formula is C27H30F2N6O2. The van der Waals surface area contributed by atoms with Gasteiger partial charge >= 0.3 is 0 Å². The fraction of sp³-hybridized carbons (Fsp3) is 0.370. The van der Waals surface area contributed by atoms with Crippen LogP contribution >= 0.6 is 0 Å². The number of halogens is 2. The van der Waals surface area contributed by atoms with Crippen LogP contribution in [0.15, 0.2) is 42.5 Å². The highest BCUT2D eigenvalue weighted by Gasteiger charge is 2.43. The van der Waals surface area contributed by atoms with Crippen molar-refractivity contribution in [3.05, 3.63) is 76.5 Å². The molecule has 2 aromatic carbocycles. The Bertz CT molecular complexity index is 1330. The fourth-order valence-electron chi connectivity index (χ4n) is 5.03. The smallest absolute Gasteiger partial charge is 0.256 e. The van der Waals surface area contributed by atoms with Crippen molar-refractivity contribution in [3.8, 4) is 0 Å². The summed E-state index contributed by atoms with van der Waals surface area (Å²) in [5.74, 6) is -2.30. The number of hydrogen-bond donors (Lipinski definition) is 2. The van der Waals surface area contributed by atoms with Crippen LogP contribution in [0.5, 0.6) is 0 Å². The van der Waals surface area contributed by atoms with Gasteiger partial charge in [-0.05, 0) is 51.2 Å². The first kappa shape index (κ1) is 24.9. The summed E-state index contributed by atoms with van der Waals surface area (Å²) in [6.07, 6.45) is -0.272. The van der Waals surface area contributed by atoms with Crippen molar-refractivity contribution >= 4 is 23.3 Å². The Kier molecular flexibility index (Phi) is 6.45. The van der Waals surface area contributed by atoms with Crippen molar-refractivity contribution in [2.45, 2.75) is 32.4 Å². The van der Waals surface area contributed by atoms with Crippen LogP contribution in [0, 0.1) is 11.6 Å². The summed E-state index contributed by atoms with van der Waals surface area (Å²) in [6, 6.07) is 11.3. The van der Waals surface area contributed by atoms with Crippen molar-refractivity contribution in [2.75, 3.05) is 43.4 Å². The number of benzene rings is 2. The minimum atomic E-state index is -1.01. The molecule has 0 aliphatic carbocycles. The quantitative estimate of drug-likeness (QED) is 0.551. The Balaban J connectivity index is 1.28. The molecule has 1 aromatic heterocycles. The summed E-state index contributed by atoms with van der Waals surface area (Å²) >= 11 is 0. The Hall–Kier alpha value is -3.79. The highest BCUT2D eigenvalue weighted by molar-refractivity contribution is 6.04. The maximum Gasteiger partial charge on any atom is 0.256 e. The van der Waals surface area contributed by atoms with Gasteiger partial charge in [-0.3, -0.25) is 14.7 Å². The standard InChI is InChI=1S/C27H30F2N6O2/c1-27(2)24-20(16-35(27)22(36)15-18-5-4-6-21(28)23(18)29)25(32-31-24)30-26(37)17-7-9-19(10-8-17)34-13-11-33(3)12-14-34/h4-10H,11-16H2,1-3H3,(H2,30,31,32,37). The van der Waals surface area contributed by atoms with E-state index in [-0.39, 0.29) is 30.3 Å². The van der Waals surface area contributed by atoms with Crippen molar-refractivity contribution in [3.63, 3.8) is 0 Å². The molecule has 8 nitrogen and oxygen atoms in total. The average molecular weight is 509 g/mol. The largest absolute Gasteiger partial charge is 0.369 e. The van der Waals surface area contributed by atoms with E-state index in [1.807, 2.05) is 26.0 Å². The number of rotatable bonds is 5. The molecule has 0 saturated carbocycles. The van der Waals surface area contributed by atoms with Gasteiger partial charge in [-0.1, -0.05) is 12.1 Å². The van der Waals surface area contributed by atoms with Gasteiger partial charge < -0.3 is 20.0 Å². The van der Waals surface area contributed by atoms with E-state index in [9.17, 15) is 18.4 Å². The molecule has 5 rings (SSSR count). The van der Waals surface area contributed by atoms with E-state index in [4.69, 9.17) is 0 Å². The number of hydrogen-bond acceptors (Lipinski definition) is 5. The van der Waals surface area contributed by atoms with E-state index in [2.05, 4.69) is 32.4 Å². The van der Waals surface area contributed by atoms with E-state index >= 15 is 0 Å². The van der Waals surface area contributed by atoms with E-state index in [1.165, 1.54) is 12.1 Å². The Morgan fingerprint density at radius 1 is 1.05 bits per heavy atom. The highest BCUT2D eigenvalue weighted by Crippen LogP contribution is 2.41. The van der Waals surface area contributed by atoms with Crippen LogP contribution in [0.1, 0.15) is 41.0 Å². The summed E-state index contributed by atoms with van der Waals surface area (Å²) in [4.78, 5) is 32.3. The second kappa shape index (κ2) is 9.59. The molecule has 0 spiro atoms. The van der Waals surface area contributed by atoms with Gasteiger partial charge in [-0.15, -0.1) is 0 Å². The zero-order chi connectivity index (χ0) is 26.3. The molecule has 2 aliphatic heterocycles. The Morgan fingerprint density at radius 3 is 2.46 bits per heavy atom. The number of amides is 2. The first-order valence-electron chi connectivity index (χ1n) is 12.3. The molecule has 2 amide bonds. The van der Waals surface area contributed by atoms with Gasteiger partial charge in [-0.2, -0.15) is 5.10 Å². The average Bonchev–Trinajstić information content (AvgIpc) is 3.40. The lowest BCUT2D eigenvalue weighted by Crippen LogP contribution is -2.44. The number of carbonyl (C=O) groups excluding carboxylic acids is 2. The number of anilines is 2. The number of carbonyl (C=O) groups is 2. The van der Waals surface area contributed by atoms with Crippen LogP contribution < -0.4 is 10.2 Å². The Morgan fingerprint density at radius 2 is 1.76 bits per heavy atom. The number of H-pyrrole nitrogens is 1. The molecule has 1 fully saturated rings. The van der Waals surface area contributed by atoms with Crippen LogP contribution in [-0.2, 0) is 23.3 Å². The lowest BCUT2D eigenvalue weighted by Gasteiger charge is -2.34. The number of likely N-dealkylation sites (N-methyl/N-ethyl adjacent to an activating group) is 1. The minimum Gasteiger partial charge on any atom is -0.369 e. The molecule has 0 radical (unpaired) electrons. The summed E-state index contributed by atoms with van der Waals surface area (Å²) in [5.41, 5.74) is 2.21. The van der Waals surface area contributed by atoms with Crippen LogP contribution in [0.4, 0.5) is 20.3 Å². The monoisotopic (exact) mass is 508 g/mol. The van der Waals surface area contributed by atoms with Crippen molar-refractivity contribution in [2.24, 2.45) is 0 Å². The van der Waals surface area contributed by atoms with Gasteiger partial charge in [-0.25, -0.2) is 8.78 Å². The molecule has 3 aromatic rings. The third kappa shape index (κ3) is 4.69. The van der Waals surface area contributed by atoms with Gasteiger partial charge in [0.15, 0.2) is 17.5 Å². The number of piperazine rings is 1. The van der Waals surface area contributed by atoms with Gasteiger partial charge in [0.05, 0.1) is 24.2 Å². The van der Waals surface area contributed by atoms with Crippen molar-refractivity contribution in [1.82, 2.24) is 20.0 Å². The van der Waals surface area contributed by atoms with Gasteiger partial charge in [0.25, 0.3) is 5.91 Å². The zero-order valence-corrected chi connectivity index (χ0v) is 21.1. The zero-order valence-electron chi connectivity index (χ0n) is 21.1. The molecule has 3 heterocycles. The number of aromatic amines is 1. The molecule has 0 bridgehead atoms. The maximum atomic E-state index is 14.1. The number of nitrogens with zero attached hydrogens (tertiary/aromatic N) is 4. The lowest BCUT2D eigenvalue weighted by atomic mass is 10.00. The first-order chi connectivity index (χ1) is 17.6. The molecule has 2 aliphatic rings. The van der Waals surface area contributed by atoms with Gasteiger partial charge in [0, 0.05) is 48.6 Å². The van der Waals surface area contributed by atoms with Crippen LogP contribution in [0.2, 0.25) is 0 Å². The Labute approximate surface area is 214 Å². The summed E-state index contributed by atoms with van der Waals surface area (Å²) in [5, 5.41) is 10.1. The van der Waals surface area contributed by atoms with Crippen LogP contribution in [0.25, 0.3) is 0 Å². The molecule has 37 heavy (non-hydrogen) atoms. The predicted molar refractivity (Wildman–Crippen MR) is 136 cm³/mol. The van der Waals surface area contributed by atoms with E-state index < -0.39 is 17.2 Å². The van der Waals surface area contributed by atoms with Gasteiger partial charge in [0.2, 0.25) is 5.91 Å². The van der Waals surface area contributed by atoms with Crippen molar-refractivity contribution in [1.29, 1.82) is 0 Å². The summed E-state index contributed by atoms with van der Waals surface area (Å²) < 4.78 is 27.8. The summed E-state index contributed by atoms with van der Waals surface area (Å²) in [6.45, 7) is 7.77. The molecule has 10 heteroatoms. The predicted octanol–water partition coefficient (Wildman–Crippen LogP) is 3.51. The van der Waals surface area contributed by atoms with Crippen molar-refractivity contribution < 1.29 is 18.4 Å². The highest BCUT2D eigenvalue weighted by atomic mass is 19.2. The third-order valence-electron chi connectivity index (χ3n) is 7.37. The second-order valence-electron chi connectivity index (χ2n) is 10.1. The topological polar surface area (TPSA) is 84.6 Å². The minimum absolute atomic E-state index is 0.00281. The second-order valence-corrected chi connectivity index (χ2v) is 10.1. The molecule has 0 atom stereocenters. The molecule has 1 saturated heterocycles. The molecule has 194 valence electrons. The maximum absolute atomic E-state index is 14.1. The SMILES string of the molecule is CN1CCN(c2ccc(C(=O)Nc3n[nH]c4c3CN(C(=O)Cc3cccc(F)c3F)C4(C)C)cc2)CC1. The molecule has 0 unspecified atom stereocenters. The number of fused-ring (bicyclic) bond motifs is 1. The third-order valence-corrected chi connectivity index (χ3v) is 7.37. The lowest BCUT2D eigenvalue weighted by molar-refractivity contribution is -0.136. The fourth-order valence-corrected chi connectivity index (χ4v) is 5.03. The van der Waals surface area contributed by atoms with E-state index in [1.54, 1.807) is 17.0 Å². The van der Waals surface area contributed by atoms with E-state index in [0.717, 1.165) is 37.9 Å². The number of aromatic nitrogens is 2. The summed E-state index contributed by atoms with van der Waals surface area (Å²) in [7, 11) is 2.11. The van der Waals surface area contributed by atoms with E-state index in [0.29, 0.717) is 22.6 Å². The molecule has 2 N–H and O–H groups in total. The van der Waals surface area contributed by atoms with Crippen LogP contribution in [-0.4, -0.2) is 65.0 Å². The molecular weight excluding hydrogens is 478 g/mol.